The Hall–Kier alpha value is -2.73. The molecule has 27 heavy (non-hydrogen) atoms. The van der Waals surface area contributed by atoms with Crippen LogP contribution < -0.4 is 5.32 Å². The predicted molar refractivity (Wildman–Crippen MR) is 111 cm³/mol. The number of aryl methyl sites for hydroxylation is 2. The highest BCUT2D eigenvalue weighted by atomic mass is 79.9. The number of amides is 1. The maximum absolute atomic E-state index is 12.4. The fourth-order valence-electron chi connectivity index (χ4n) is 3.37. The van der Waals surface area contributed by atoms with Gasteiger partial charge in [0.25, 0.3) is 0 Å². The van der Waals surface area contributed by atoms with Crippen LogP contribution in [0.5, 0.6) is 0 Å². The van der Waals surface area contributed by atoms with Gasteiger partial charge in [-0.25, -0.2) is 9.50 Å². The number of fused-ring (bicyclic) bond motifs is 3. The molecule has 6 heteroatoms. The largest absolute Gasteiger partial charge is 0.326 e. The standard InChI is InChI=1S/C21H19BrN4O/c1-13-17(10-11-20(27)24-16-7-5-6-15(22)12-16)14(2)26-21(23-13)18-8-3-4-9-19(18)25-26/h3-9,12H,10-11H2,1-2H3,(H,24,27). The summed E-state index contributed by atoms with van der Waals surface area (Å²) in [6.07, 6.45) is 1.01. The van der Waals surface area contributed by atoms with Crippen LogP contribution in [-0.4, -0.2) is 20.5 Å². The minimum absolute atomic E-state index is 0.0161. The predicted octanol–water partition coefficient (Wildman–Crippen LogP) is 4.83. The van der Waals surface area contributed by atoms with Crippen molar-refractivity contribution in [2.45, 2.75) is 26.7 Å². The van der Waals surface area contributed by atoms with E-state index in [0.29, 0.717) is 12.8 Å². The van der Waals surface area contributed by atoms with Gasteiger partial charge in [-0.15, -0.1) is 0 Å². The molecule has 0 spiro atoms. The molecule has 0 aliphatic heterocycles. The average molecular weight is 423 g/mol. The molecule has 1 amide bonds. The fraction of sp³-hybridized carbons (Fsp3) is 0.190. The molecule has 0 radical (unpaired) electrons. The van der Waals surface area contributed by atoms with E-state index >= 15 is 0 Å². The third-order valence-electron chi connectivity index (χ3n) is 4.73. The van der Waals surface area contributed by atoms with Gasteiger partial charge in [-0.1, -0.05) is 34.1 Å². The highest BCUT2D eigenvalue weighted by molar-refractivity contribution is 9.10. The Morgan fingerprint density at radius 3 is 2.78 bits per heavy atom. The second-order valence-corrected chi connectivity index (χ2v) is 7.49. The lowest BCUT2D eigenvalue weighted by molar-refractivity contribution is -0.116. The highest BCUT2D eigenvalue weighted by Crippen LogP contribution is 2.23. The second-order valence-electron chi connectivity index (χ2n) is 6.57. The van der Waals surface area contributed by atoms with E-state index < -0.39 is 0 Å². The van der Waals surface area contributed by atoms with Gasteiger partial charge >= 0.3 is 0 Å². The third-order valence-corrected chi connectivity index (χ3v) is 5.22. The number of hydrogen-bond acceptors (Lipinski definition) is 3. The second kappa shape index (κ2) is 7.12. The summed E-state index contributed by atoms with van der Waals surface area (Å²) in [5.74, 6) is -0.0161. The number of nitrogens with zero attached hydrogens (tertiary/aromatic N) is 3. The van der Waals surface area contributed by atoms with Crippen LogP contribution in [0.1, 0.15) is 23.4 Å². The molecule has 2 aromatic carbocycles. The Morgan fingerprint density at radius 2 is 1.96 bits per heavy atom. The van der Waals surface area contributed by atoms with Gasteiger partial charge < -0.3 is 5.32 Å². The summed E-state index contributed by atoms with van der Waals surface area (Å²) in [5.41, 5.74) is 5.62. The van der Waals surface area contributed by atoms with Crippen molar-refractivity contribution in [2.75, 3.05) is 5.32 Å². The summed E-state index contributed by atoms with van der Waals surface area (Å²) in [6.45, 7) is 4.03. The van der Waals surface area contributed by atoms with Gasteiger partial charge in [0.1, 0.15) is 0 Å². The molecular formula is C21H19BrN4O. The topological polar surface area (TPSA) is 59.3 Å². The molecule has 0 atom stereocenters. The number of anilines is 1. The molecule has 0 bridgehead atoms. The summed E-state index contributed by atoms with van der Waals surface area (Å²) in [4.78, 5) is 17.1. The third kappa shape index (κ3) is 3.45. The molecule has 2 heterocycles. The highest BCUT2D eigenvalue weighted by Gasteiger charge is 2.15. The molecular weight excluding hydrogens is 404 g/mol. The number of benzene rings is 2. The van der Waals surface area contributed by atoms with Gasteiger partial charge in [0.2, 0.25) is 5.91 Å². The maximum atomic E-state index is 12.4. The normalized spacial score (nSPS) is 11.2. The number of nitrogens with one attached hydrogen (secondary N) is 1. The molecule has 0 saturated carbocycles. The smallest absolute Gasteiger partial charge is 0.224 e. The molecule has 0 saturated heterocycles. The number of rotatable bonds is 4. The van der Waals surface area contributed by atoms with Crippen LogP contribution in [-0.2, 0) is 11.2 Å². The van der Waals surface area contributed by atoms with Crippen LogP contribution in [0.4, 0.5) is 5.69 Å². The molecule has 0 fully saturated rings. The minimum Gasteiger partial charge on any atom is -0.326 e. The van der Waals surface area contributed by atoms with Crippen LogP contribution in [0.3, 0.4) is 0 Å². The van der Waals surface area contributed by atoms with E-state index in [4.69, 9.17) is 4.98 Å². The van der Waals surface area contributed by atoms with E-state index in [0.717, 1.165) is 43.7 Å². The molecule has 5 nitrogen and oxygen atoms in total. The number of carbonyl (C=O) groups excluding carboxylic acids is 1. The maximum Gasteiger partial charge on any atom is 0.224 e. The molecule has 136 valence electrons. The van der Waals surface area contributed by atoms with E-state index in [1.54, 1.807) is 0 Å². The van der Waals surface area contributed by atoms with Crippen molar-refractivity contribution in [3.8, 4) is 0 Å². The van der Waals surface area contributed by atoms with E-state index in [1.807, 2.05) is 66.9 Å². The van der Waals surface area contributed by atoms with Gasteiger partial charge in [-0.05, 0) is 56.2 Å². The lowest BCUT2D eigenvalue weighted by Crippen LogP contribution is -2.14. The minimum atomic E-state index is -0.0161. The van der Waals surface area contributed by atoms with E-state index in [1.165, 1.54) is 0 Å². The van der Waals surface area contributed by atoms with Crippen LogP contribution in [0.15, 0.2) is 53.0 Å². The van der Waals surface area contributed by atoms with Gasteiger partial charge in [0.05, 0.1) is 5.52 Å². The first kappa shape index (κ1) is 17.7. The van der Waals surface area contributed by atoms with Crippen molar-refractivity contribution in [3.05, 3.63) is 70.0 Å². The number of hydrogen-bond donors (Lipinski definition) is 1. The van der Waals surface area contributed by atoms with Crippen LogP contribution in [0, 0.1) is 13.8 Å². The van der Waals surface area contributed by atoms with Crippen LogP contribution >= 0.6 is 15.9 Å². The number of aromatic nitrogens is 3. The first-order chi connectivity index (χ1) is 13.0. The first-order valence-corrected chi connectivity index (χ1v) is 9.61. The van der Waals surface area contributed by atoms with Gasteiger partial charge in [0.15, 0.2) is 5.65 Å². The summed E-state index contributed by atoms with van der Waals surface area (Å²) >= 11 is 3.41. The molecule has 4 rings (SSSR count). The first-order valence-electron chi connectivity index (χ1n) is 8.82. The zero-order chi connectivity index (χ0) is 19.0. The Kier molecular flexibility index (Phi) is 4.66. The van der Waals surface area contributed by atoms with Crippen molar-refractivity contribution in [1.29, 1.82) is 0 Å². The van der Waals surface area contributed by atoms with Gasteiger partial charge in [0, 0.05) is 33.4 Å². The quantitative estimate of drug-likeness (QED) is 0.512. The summed E-state index contributed by atoms with van der Waals surface area (Å²) in [5, 5.41) is 8.65. The number of halogens is 1. The summed E-state index contributed by atoms with van der Waals surface area (Å²) in [7, 11) is 0. The summed E-state index contributed by atoms with van der Waals surface area (Å²) < 4.78 is 2.83. The number of carbonyl (C=O) groups is 1. The molecule has 4 aromatic rings. The zero-order valence-electron chi connectivity index (χ0n) is 15.2. The lowest BCUT2D eigenvalue weighted by Gasteiger charge is -2.11. The molecule has 0 unspecified atom stereocenters. The van der Waals surface area contributed by atoms with Crippen molar-refractivity contribution < 1.29 is 4.79 Å². The zero-order valence-corrected chi connectivity index (χ0v) is 16.7. The van der Waals surface area contributed by atoms with E-state index in [2.05, 4.69) is 26.3 Å². The molecule has 0 aliphatic carbocycles. The Morgan fingerprint density at radius 1 is 1.15 bits per heavy atom. The Bertz CT molecular complexity index is 1170. The summed E-state index contributed by atoms with van der Waals surface area (Å²) in [6, 6.07) is 15.6. The monoisotopic (exact) mass is 422 g/mol. The van der Waals surface area contributed by atoms with Gasteiger partial charge in [-0.2, -0.15) is 5.10 Å². The van der Waals surface area contributed by atoms with Crippen molar-refractivity contribution in [1.82, 2.24) is 14.6 Å². The van der Waals surface area contributed by atoms with Crippen LogP contribution in [0.2, 0.25) is 0 Å². The van der Waals surface area contributed by atoms with Crippen molar-refractivity contribution >= 4 is 44.1 Å². The van der Waals surface area contributed by atoms with Crippen molar-refractivity contribution in [2.24, 2.45) is 0 Å². The molecule has 1 N–H and O–H groups in total. The molecule has 2 aromatic heterocycles. The van der Waals surface area contributed by atoms with E-state index in [-0.39, 0.29) is 5.91 Å². The SMILES string of the molecule is Cc1nc2c3ccccc3nn2c(C)c1CCC(=O)Nc1cccc(Br)c1. The Balaban J connectivity index is 1.58. The Labute approximate surface area is 165 Å². The molecule has 0 aliphatic rings. The van der Waals surface area contributed by atoms with Gasteiger partial charge in [-0.3, -0.25) is 4.79 Å². The lowest BCUT2D eigenvalue weighted by atomic mass is 10.1. The fourth-order valence-corrected chi connectivity index (χ4v) is 3.77. The average Bonchev–Trinajstić information content (AvgIpc) is 3.00. The van der Waals surface area contributed by atoms with E-state index in [9.17, 15) is 4.79 Å². The van der Waals surface area contributed by atoms with Crippen molar-refractivity contribution in [3.63, 3.8) is 0 Å². The van der Waals surface area contributed by atoms with Crippen LogP contribution in [0.25, 0.3) is 16.6 Å².